The third kappa shape index (κ3) is 5.83. The van der Waals surface area contributed by atoms with E-state index in [0.29, 0.717) is 19.3 Å². The summed E-state index contributed by atoms with van der Waals surface area (Å²) < 4.78 is 11.2. The van der Waals surface area contributed by atoms with E-state index in [1.807, 2.05) is 24.3 Å². The fourth-order valence-electron chi connectivity index (χ4n) is 1.82. The Bertz CT molecular complexity index is 529. The van der Waals surface area contributed by atoms with Crippen molar-refractivity contribution in [2.24, 2.45) is 0 Å². The molecule has 0 fully saturated rings. The van der Waals surface area contributed by atoms with E-state index in [1.165, 1.54) is 5.56 Å². The highest BCUT2D eigenvalue weighted by molar-refractivity contribution is 5.28. The number of rotatable bonds is 8. The van der Waals surface area contributed by atoms with Crippen LogP contribution in [0.2, 0.25) is 0 Å². The molecule has 2 rings (SSSR count). The summed E-state index contributed by atoms with van der Waals surface area (Å²) in [7, 11) is 0. The zero-order valence-corrected chi connectivity index (χ0v) is 12.6. The zero-order chi connectivity index (χ0) is 14.9. The summed E-state index contributed by atoms with van der Waals surface area (Å²) in [5.74, 6) is 1.63. The standard InChI is InChI=1S/C17H22N2O2/c1-14(2)19-12-15-5-3-6-16(11-15)20-9-10-21-17-7-4-8-18-13-17/h3-8,11,13-14,19H,9-10,12H2,1-2H3. The summed E-state index contributed by atoms with van der Waals surface area (Å²) in [5.41, 5.74) is 1.22. The molecule has 0 aliphatic heterocycles. The summed E-state index contributed by atoms with van der Waals surface area (Å²) >= 11 is 0. The minimum atomic E-state index is 0.474. The molecule has 0 amide bonds. The van der Waals surface area contributed by atoms with Gasteiger partial charge >= 0.3 is 0 Å². The fourth-order valence-corrected chi connectivity index (χ4v) is 1.82. The second kappa shape index (κ2) is 8.27. The Hall–Kier alpha value is -2.07. The van der Waals surface area contributed by atoms with Gasteiger partial charge in [-0.2, -0.15) is 0 Å². The van der Waals surface area contributed by atoms with E-state index in [-0.39, 0.29) is 0 Å². The van der Waals surface area contributed by atoms with E-state index < -0.39 is 0 Å². The molecular formula is C17H22N2O2. The number of hydrogen-bond donors (Lipinski definition) is 1. The minimum Gasteiger partial charge on any atom is -0.490 e. The molecule has 0 unspecified atom stereocenters. The lowest BCUT2D eigenvalue weighted by atomic mass is 10.2. The molecule has 0 saturated carbocycles. The normalized spacial score (nSPS) is 10.6. The molecule has 1 N–H and O–H groups in total. The van der Waals surface area contributed by atoms with Gasteiger partial charge in [-0.15, -0.1) is 0 Å². The van der Waals surface area contributed by atoms with Crippen LogP contribution in [0, 0.1) is 0 Å². The maximum absolute atomic E-state index is 5.70. The van der Waals surface area contributed by atoms with Crippen LogP contribution in [0.5, 0.6) is 11.5 Å². The van der Waals surface area contributed by atoms with Crippen LogP contribution in [-0.4, -0.2) is 24.2 Å². The first-order valence-electron chi connectivity index (χ1n) is 7.22. The van der Waals surface area contributed by atoms with Crippen molar-refractivity contribution in [3.8, 4) is 11.5 Å². The van der Waals surface area contributed by atoms with Crippen LogP contribution in [0.1, 0.15) is 19.4 Å². The number of pyridine rings is 1. The molecule has 0 saturated heterocycles. The first kappa shape index (κ1) is 15.3. The van der Waals surface area contributed by atoms with E-state index in [2.05, 4.69) is 36.3 Å². The molecule has 0 spiro atoms. The first-order valence-corrected chi connectivity index (χ1v) is 7.22. The fraction of sp³-hybridized carbons (Fsp3) is 0.353. The lowest BCUT2D eigenvalue weighted by Crippen LogP contribution is -2.21. The van der Waals surface area contributed by atoms with E-state index in [0.717, 1.165) is 18.0 Å². The topological polar surface area (TPSA) is 43.4 Å². The Balaban J connectivity index is 1.74. The molecule has 112 valence electrons. The largest absolute Gasteiger partial charge is 0.490 e. The van der Waals surface area contributed by atoms with Crippen molar-refractivity contribution in [2.75, 3.05) is 13.2 Å². The molecule has 4 heteroatoms. The van der Waals surface area contributed by atoms with Gasteiger partial charge < -0.3 is 14.8 Å². The van der Waals surface area contributed by atoms with Gasteiger partial charge in [0.25, 0.3) is 0 Å². The third-order valence-corrected chi connectivity index (χ3v) is 2.87. The average Bonchev–Trinajstić information content (AvgIpc) is 2.51. The quantitative estimate of drug-likeness (QED) is 0.758. The van der Waals surface area contributed by atoms with E-state index in [4.69, 9.17) is 9.47 Å². The minimum absolute atomic E-state index is 0.474. The van der Waals surface area contributed by atoms with Gasteiger partial charge in [0.2, 0.25) is 0 Å². The molecule has 1 heterocycles. The van der Waals surface area contributed by atoms with Crippen molar-refractivity contribution >= 4 is 0 Å². The van der Waals surface area contributed by atoms with Gasteiger partial charge in [0.15, 0.2) is 0 Å². The Morgan fingerprint density at radius 2 is 1.81 bits per heavy atom. The van der Waals surface area contributed by atoms with E-state index in [1.54, 1.807) is 12.4 Å². The van der Waals surface area contributed by atoms with Crippen molar-refractivity contribution in [1.82, 2.24) is 10.3 Å². The van der Waals surface area contributed by atoms with Gasteiger partial charge in [0.1, 0.15) is 24.7 Å². The second-order valence-electron chi connectivity index (χ2n) is 5.07. The molecule has 0 aliphatic carbocycles. The highest BCUT2D eigenvalue weighted by Crippen LogP contribution is 2.13. The van der Waals surface area contributed by atoms with Gasteiger partial charge in [0.05, 0.1) is 6.20 Å². The predicted molar refractivity (Wildman–Crippen MR) is 83.6 cm³/mol. The number of nitrogens with zero attached hydrogens (tertiary/aromatic N) is 1. The van der Waals surface area contributed by atoms with Gasteiger partial charge in [-0.3, -0.25) is 4.98 Å². The Morgan fingerprint density at radius 1 is 1.05 bits per heavy atom. The summed E-state index contributed by atoms with van der Waals surface area (Å²) in [4.78, 5) is 4.00. The summed E-state index contributed by atoms with van der Waals surface area (Å²) in [5, 5.41) is 3.39. The number of benzene rings is 1. The Kier molecular flexibility index (Phi) is 6.03. The molecule has 1 aromatic carbocycles. The maximum Gasteiger partial charge on any atom is 0.137 e. The first-order chi connectivity index (χ1) is 10.2. The van der Waals surface area contributed by atoms with Crippen molar-refractivity contribution in [2.45, 2.75) is 26.4 Å². The predicted octanol–water partition coefficient (Wildman–Crippen LogP) is 3.04. The Morgan fingerprint density at radius 3 is 2.52 bits per heavy atom. The maximum atomic E-state index is 5.70. The molecular weight excluding hydrogens is 264 g/mol. The molecule has 2 aromatic rings. The second-order valence-corrected chi connectivity index (χ2v) is 5.07. The molecule has 4 nitrogen and oxygen atoms in total. The van der Waals surface area contributed by atoms with Crippen molar-refractivity contribution in [3.05, 3.63) is 54.4 Å². The molecule has 0 radical (unpaired) electrons. The molecule has 0 atom stereocenters. The summed E-state index contributed by atoms with van der Waals surface area (Å²) in [6.07, 6.45) is 3.41. The van der Waals surface area contributed by atoms with E-state index in [9.17, 15) is 0 Å². The van der Waals surface area contributed by atoms with Crippen LogP contribution in [0.4, 0.5) is 0 Å². The highest BCUT2D eigenvalue weighted by Gasteiger charge is 1.99. The highest BCUT2D eigenvalue weighted by atomic mass is 16.5. The van der Waals surface area contributed by atoms with Crippen LogP contribution < -0.4 is 14.8 Å². The molecule has 0 aliphatic rings. The SMILES string of the molecule is CC(C)NCc1cccc(OCCOc2cccnc2)c1. The van der Waals surface area contributed by atoms with Gasteiger partial charge in [-0.05, 0) is 29.8 Å². The number of ether oxygens (including phenoxy) is 2. The zero-order valence-electron chi connectivity index (χ0n) is 12.6. The van der Waals surface area contributed by atoms with Crippen LogP contribution >= 0.6 is 0 Å². The smallest absolute Gasteiger partial charge is 0.137 e. The molecule has 21 heavy (non-hydrogen) atoms. The van der Waals surface area contributed by atoms with Crippen molar-refractivity contribution < 1.29 is 9.47 Å². The number of nitrogens with one attached hydrogen (secondary N) is 1. The summed E-state index contributed by atoms with van der Waals surface area (Å²) in [6.45, 7) is 6.13. The van der Waals surface area contributed by atoms with Crippen molar-refractivity contribution in [1.29, 1.82) is 0 Å². The van der Waals surface area contributed by atoms with Crippen LogP contribution in [0.3, 0.4) is 0 Å². The Labute approximate surface area is 126 Å². The van der Waals surface area contributed by atoms with Gasteiger partial charge in [-0.1, -0.05) is 26.0 Å². The third-order valence-electron chi connectivity index (χ3n) is 2.87. The van der Waals surface area contributed by atoms with Crippen LogP contribution in [0.15, 0.2) is 48.8 Å². The summed E-state index contributed by atoms with van der Waals surface area (Å²) in [6, 6.07) is 12.3. The monoisotopic (exact) mass is 286 g/mol. The lowest BCUT2D eigenvalue weighted by Gasteiger charge is -2.11. The van der Waals surface area contributed by atoms with Crippen molar-refractivity contribution in [3.63, 3.8) is 0 Å². The number of aromatic nitrogens is 1. The molecule has 0 bridgehead atoms. The van der Waals surface area contributed by atoms with Gasteiger partial charge in [-0.25, -0.2) is 0 Å². The van der Waals surface area contributed by atoms with Gasteiger partial charge in [0, 0.05) is 18.8 Å². The van der Waals surface area contributed by atoms with E-state index >= 15 is 0 Å². The lowest BCUT2D eigenvalue weighted by molar-refractivity contribution is 0.216. The van der Waals surface area contributed by atoms with Crippen LogP contribution in [-0.2, 0) is 6.54 Å². The van der Waals surface area contributed by atoms with Crippen LogP contribution in [0.25, 0.3) is 0 Å². The number of hydrogen-bond acceptors (Lipinski definition) is 4. The average molecular weight is 286 g/mol. The molecule has 1 aromatic heterocycles.